The van der Waals surface area contributed by atoms with Crippen molar-refractivity contribution in [3.8, 4) is 0 Å². The number of Topliss-reactive ketones (excluding diaryl/α,β-unsaturated/α-hetero) is 1. The Hall–Kier alpha value is -0.550. The Bertz CT molecular complexity index is 325. The number of aromatic nitrogens is 1. The van der Waals surface area contributed by atoms with E-state index >= 15 is 0 Å². The lowest BCUT2D eigenvalue weighted by Crippen LogP contribution is -2.12. The Labute approximate surface area is 86.0 Å². The summed E-state index contributed by atoms with van der Waals surface area (Å²) in [5.74, 6) is -1.33. The van der Waals surface area contributed by atoms with Crippen LogP contribution in [0, 0.1) is 0 Å². The molecule has 0 radical (unpaired) electrons. The van der Waals surface area contributed by atoms with Crippen LogP contribution in [0.15, 0.2) is 16.9 Å². The molecule has 0 atom stereocenters. The van der Waals surface area contributed by atoms with E-state index in [0.29, 0.717) is 0 Å². The zero-order chi connectivity index (χ0) is 10.0. The van der Waals surface area contributed by atoms with Gasteiger partial charge in [0, 0.05) is 6.20 Å². The molecule has 0 aliphatic heterocycles. The van der Waals surface area contributed by atoms with Gasteiger partial charge in [0.25, 0.3) is 0 Å². The van der Waals surface area contributed by atoms with Crippen LogP contribution in [0.3, 0.4) is 0 Å². The predicted molar refractivity (Wildman–Crippen MR) is 47.3 cm³/mol. The number of hydrogen-bond donors (Lipinski definition) is 0. The summed E-state index contributed by atoms with van der Waals surface area (Å²) in [6.07, 6.45) is -1.76. The van der Waals surface area contributed by atoms with E-state index in [9.17, 15) is 13.6 Å². The fourth-order valence-electron chi connectivity index (χ4n) is 0.743. The molecule has 0 unspecified atom stereocenters. The third kappa shape index (κ3) is 2.22. The van der Waals surface area contributed by atoms with Crippen molar-refractivity contribution in [2.45, 2.75) is 6.43 Å². The highest BCUT2D eigenvalue weighted by Gasteiger charge is 2.23. The van der Waals surface area contributed by atoms with E-state index in [1.807, 2.05) is 0 Å². The van der Waals surface area contributed by atoms with Gasteiger partial charge >= 0.3 is 6.43 Å². The second-order valence-corrected chi connectivity index (χ2v) is 3.28. The lowest BCUT2D eigenvalue weighted by molar-refractivity contribution is 0.0677. The van der Waals surface area contributed by atoms with Crippen molar-refractivity contribution in [2.75, 3.05) is 0 Å². The fraction of sp³-hybridized carbons (Fsp3) is 0.143. The van der Waals surface area contributed by atoms with Gasteiger partial charge in [0.15, 0.2) is 0 Å². The first-order valence-electron chi connectivity index (χ1n) is 3.16. The number of alkyl halides is 2. The minimum absolute atomic E-state index is 0.0327. The minimum atomic E-state index is -3.07. The molecule has 1 aromatic rings. The van der Waals surface area contributed by atoms with Crippen molar-refractivity contribution < 1.29 is 13.6 Å². The van der Waals surface area contributed by atoms with E-state index in [4.69, 9.17) is 11.6 Å². The predicted octanol–water partition coefficient (Wildman–Crippen LogP) is 2.95. The molecule has 0 fully saturated rings. The number of rotatable bonds is 2. The maximum Gasteiger partial charge on any atom is 0.300 e. The van der Waals surface area contributed by atoms with Gasteiger partial charge in [-0.15, -0.1) is 0 Å². The summed E-state index contributed by atoms with van der Waals surface area (Å²) < 4.78 is 24.1. The molecule has 0 bridgehead atoms. The van der Waals surface area contributed by atoms with Crippen LogP contribution in [0.25, 0.3) is 0 Å². The molecule has 0 N–H and O–H groups in total. The van der Waals surface area contributed by atoms with Crippen molar-refractivity contribution in [1.82, 2.24) is 4.98 Å². The smallest absolute Gasteiger partial charge is 0.288 e. The van der Waals surface area contributed by atoms with Crippen molar-refractivity contribution in [3.63, 3.8) is 0 Å². The van der Waals surface area contributed by atoms with Crippen LogP contribution in [0.1, 0.15) is 10.4 Å². The summed E-state index contributed by atoms with van der Waals surface area (Å²) >= 11 is 8.41. The van der Waals surface area contributed by atoms with Crippen LogP contribution in [-0.2, 0) is 0 Å². The van der Waals surface area contributed by atoms with Crippen molar-refractivity contribution in [1.29, 1.82) is 0 Å². The first-order chi connectivity index (χ1) is 6.04. The van der Waals surface area contributed by atoms with Crippen LogP contribution in [0.2, 0.25) is 5.02 Å². The molecule has 0 aliphatic rings. The van der Waals surface area contributed by atoms with Gasteiger partial charge in [-0.3, -0.25) is 4.79 Å². The zero-order valence-corrected chi connectivity index (χ0v) is 8.44. The second-order valence-electron chi connectivity index (χ2n) is 2.12. The Morgan fingerprint density at radius 1 is 1.62 bits per heavy atom. The van der Waals surface area contributed by atoms with Gasteiger partial charge in [0.1, 0.15) is 4.60 Å². The van der Waals surface area contributed by atoms with Crippen molar-refractivity contribution in [3.05, 3.63) is 27.5 Å². The number of carbonyl (C=O) groups is 1. The summed E-state index contributed by atoms with van der Waals surface area (Å²) in [6.45, 7) is 0. The van der Waals surface area contributed by atoms with Gasteiger partial charge in [-0.25, -0.2) is 13.8 Å². The number of halogens is 4. The molecule has 0 amide bonds. The molecular weight excluding hydrogens is 267 g/mol. The lowest BCUT2D eigenvalue weighted by atomic mass is 10.2. The van der Waals surface area contributed by atoms with Gasteiger partial charge in [-0.05, 0) is 22.0 Å². The van der Waals surface area contributed by atoms with E-state index in [2.05, 4.69) is 20.9 Å². The molecule has 0 saturated carbocycles. The van der Waals surface area contributed by atoms with Crippen LogP contribution in [-0.4, -0.2) is 17.2 Å². The fourth-order valence-corrected chi connectivity index (χ4v) is 1.62. The molecular formula is C7H3BrClF2NO. The molecule has 0 spiro atoms. The first-order valence-corrected chi connectivity index (χ1v) is 4.33. The Kier molecular flexibility index (Phi) is 3.33. The summed E-state index contributed by atoms with van der Waals surface area (Å²) in [6, 6.07) is 1.28. The first kappa shape index (κ1) is 10.5. The molecule has 1 heterocycles. The van der Waals surface area contributed by atoms with Gasteiger partial charge in [-0.1, -0.05) is 11.6 Å². The van der Waals surface area contributed by atoms with Crippen LogP contribution in [0.5, 0.6) is 0 Å². The summed E-state index contributed by atoms with van der Waals surface area (Å²) in [7, 11) is 0. The molecule has 0 saturated heterocycles. The molecule has 6 heteroatoms. The van der Waals surface area contributed by atoms with Crippen molar-refractivity contribution >= 4 is 33.3 Å². The van der Waals surface area contributed by atoms with Gasteiger partial charge in [0.2, 0.25) is 5.78 Å². The number of nitrogens with zero attached hydrogens (tertiary/aromatic N) is 1. The topological polar surface area (TPSA) is 30.0 Å². The quantitative estimate of drug-likeness (QED) is 0.611. The SMILES string of the molecule is O=C(c1c(Cl)ccnc1Br)C(F)F. The summed E-state index contributed by atoms with van der Waals surface area (Å²) in [5, 5.41) is -0.0350. The molecule has 1 aromatic heterocycles. The van der Waals surface area contributed by atoms with E-state index in [-0.39, 0.29) is 15.2 Å². The van der Waals surface area contributed by atoms with Crippen LogP contribution >= 0.6 is 27.5 Å². The van der Waals surface area contributed by atoms with Gasteiger partial charge in [0.05, 0.1) is 10.6 Å². The zero-order valence-electron chi connectivity index (χ0n) is 6.10. The van der Waals surface area contributed by atoms with E-state index in [0.717, 1.165) is 0 Å². The third-order valence-corrected chi connectivity index (χ3v) is 2.21. The minimum Gasteiger partial charge on any atom is -0.288 e. The number of carbonyl (C=O) groups excluding carboxylic acids is 1. The standard InChI is InChI=1S/C7H3BrClF2NO/c8-6-4(5(13)7(10)11)3(9)1-2-12-6/h1-2,7H. The third-order valence-electron chi connectivity index (χ3n) is 1.30. The second kappa shape index (κ2) is 4.11. The highest BCUT2D eigenvalue weighted by molar-refractivity contribution is 9.10. The average molecular weight is 270 g/mol. The summed E-state index contributed by atoms with van der Waals surface area (Å²) in [4.78, 5) is 14.5. The molecule has 70 valence electrons. The summed E-state index contributed by atoms with van der Waals surface area (Å²) in [5.41, 5.74) is -0.279. The molecule has 13 heavy (non-hydrogen) atoms. The van der Waals surface area contributed by atoms with E-state index in [1.165, 1.54) is 12.3 Å². The van der Waals surface area contributed by atoms with Gasteiger partial charge in [-0.2, -0.15) is 0 Å². The Balaban J connectivity index is 3.20. The number of pyridine rings is 1. The molecule has 1 rings (SSSR count). The van der Waals surface area contributed by atoms with Crippen molar-refractivity contribution in [2.24, 2.45) is 0 Å². The highest BCUT2D eigenvalue weighted by atomic mass is 79.9. The van der Waals surface area contributed by atoms with E-state index < -0.39 is 12.2 Å². The van der Waals surface area contributed by atoms with E-state index in [1.54, 1.807) is 0 Å². The maximum atomic E-state index is 12.0. The Morgan fingerprint density at radius 3 is 2.69 bits per heavy atom. The Morgan fingerprint density at radius 2 is 2.23 bits per heavy atom. The maximum absolute atomic E-state index is 12.0. The van der Waals surface area contributed by atoms with Crippen LogP contribution in [0.4, 0.5) is 8.78 Å². The average Bonchev–Trinajstić information content (AvgIpc) is 2.03. The largest absolute Gasteiger partial charge is 0.300 e. The number of ketones is 1. The van der Waals surface area contributed by atoms with Crippen LogP contribution < -0.4 is 0 Å². The molecule has 0 aliphatic carbocycles. The highest BCUT2D eigenvalue weighted by Crippen LogP contribution is 2.24. The monoisotopic (exact) mass is 269 g/mol. The van der Waals surface area contributed by atoms with Gasteiger partial charge < -0.3 is 0 Å². The molecule has 2 nitrogen and oxygen atoms in total. The lowest BCUT2D eigenvalue weighted by Gasteiger charge is -2.03. The molecule has 0 aromatic carbocycles. The number of hydrogen-bond acceptors (Lipinski definition) is 2. The normalized spacial score (nSPS) is 10.5.